The molecule has 1 aromatic rings. The topological polar surface area (TPSA) is 24.5 Å². The van der Waals surface area contributed by atoms with Gasteiger partial charge in [-0.2, -0.15) is 0 Å². The van der Waals surface area contributed by atoms with Gasteiger partial charge in [-0.3, -0.25) is 0 Å². The fourth-order valence-electron chi connectivity index (χ4n) is 2.62. The minimum Gasteiger partial charge on any atom is -0.375 e. The van der Waals surface area contributed by atoms with E-state index in [0.29, 0.717) is 18.2 Å². The highest BCUT2D eigenvalue weighted by molar-refractivity contribution is 5.49. The zero-order chi connectivity index (χ0) is 13.8. The Kier molecular flexibility index (Phi) is 4.83. The van der Waals surface area contributed by atoms with Gasteiger partial charge in [0.1, 0.15) is 0 Å². The second kappa shape index (κ2) is 6.40. The summed E-state index contributed by atoms with van der Waals surface area (Å²) in [6, 6.07) is 9.84. The number of benzene rings is 1. The van der Waals surface area contributed by atoms with Crippen LogP contribution in [0.4, 0.5) is 5.69 Å². The molecule has 0 aromatic heterocycles. The molecule has 1 heterocycles. The zero-order valence-corrected chi connectivity index (χ0v) is 12.5. The van der Waals surface area contributed by atoms with Crippen LogP contribution in [0.25, 0.3) is 0 Å². The van der Waals surface area contributed by atoms with E-state index in [9.17, 15) is 0 Å². The summed E-state index contributed by atoms with van der Waals surface area (Å²) in [4.78, 5) is 2.49. The summed E-state index contributed by atoms with van der Waals surface area (Å²) in [5, 5.41) is 3.27. The maximum absolute atomic E-state index is 5.76. The van der Waals surface area contributed by atoms with Gasteiger partial charge >= 0.3 is 0 Å². The predicted octanol–water partition coefficient (Wildman–Crippen LogP) is 2.97. The molecule has 2 rings (SSSR count). The summed E-state index contributed by atoms with van der Waals surface area (Å²) >= 11 is 0. The van der Waals surface area contributed by atoms with Crippen molar-refractivity contribution in [2.75, 3.05) is 25.1 Å². The van der Waals surface area contributed by atoms with E-state index in [1.165, 1.54) is 11.3 Å². The second-order valence-corrected chi connectivity index (χ2v) is 5.46. The van der Waals surface area contributed by atoms with E-state index in [-0.39, 0.29) is 0 Å². The summed E-state index contributed by atoms with van der Waals surface area (Å²) < 4.78 is 5.76. The number of hydrogen-bond donors (Lipinski definition) is 1. The molecule has 19 heavy (non-hydrogen) atoms. The van der Waals surface area contributed by atoms with Crippen molar-refractivity contribution in [1.29, 1.82) is 0 Å². The molecule has 1 aliphatic rings. The molecule has 3 atom stereocenters. The quantitative estimate of drug-likeness (QED) is 0.903. The highest BCUT2D eigenvalue weighted by Crippen LogP contribution is 2.25. The molecule has 3 nitrogen and oxygen atoms in total. The van der Waals surface area contributed by atoms with Crippen LogP contribution in [0.3, 0.4) is 0 Å². The van der Waals surface area contributed by atoms with Crippen molar-refractivity contribution >= 4 is 5.69 Å². The molecule has 0 bridgehead atoms. The van der Waals surface area contributed by atoms with Crippen LogP contribution >= 0.6 is 0 Å². The van der Waals surface area contributed by atoms with Gasteiger partial charge in [-0.05, 0) is 45.0 Å². The summed E-state index contributed by atoms with van der Waals surface area (Å²) in [7, 11) is 2.00. The average molecular weight is 262 g/mol. The fourth-order valence-corrected chi connectivity index (χ4v) is 2.62. The van der Waals surface area contributed by atoms with E-state index in [1.807, 2.05) is 7.05 Å². The van der Waals surface area contributed by atoms with Gasteiger partial charge in [-0.1, -0.05) is 19.1 Å². The van der Waals surface area contributed by atoms with Crippen molar-refractivity contribution < 1.29 is 4.74 Å². The van der Waals surface area contributed by atoms with Gasteiger partial charge in [0, 0.05) is 18.3 Å². The number of ether oxygens (including phenoxy) is 1. The van der Waals surface area contributed by atoms with Gasteiger partial charge in [0.25, 0.3) is 0 Å². The minimum absolute atomic E-state index is 0.318. The Labute approximate surface area is 116 Å². The molecular weight excluding hydrogens is 236 g/mol. The molecule has 0 spiro atoms. The molecule has 3 unspecified atom stereocenters. The lowest BCUT2D eigenvalue weighted by Crippen LogP contribution is -2.48. The first-order valence-electron chi connectivity index (χ1n) is 7.31. The Hall–Kier alpha value is -1.06. The van der Waals surface area contributed by atoms with Gasteiger partial charge < -0.3 is 15.0 Å². The largest absolute Gasteiger partial charge is 0.375 e. The van der Waals surface area contributed by atoms with Crippen LogP contribution in [0.1, 0.15) is 38.8 Å². The zero-order valence-electron chi connectivity index (χ0n) is 12.5. The summed E-state index contributed by atoms with van der Waals surface area (Å²) in [5.74, 6) is 0. The molecule has 1 fully saturated rings. The lowest BCUT2D eigenvalue weighted by atomic mass is 10.1. The monoisotopic (exact) mass is 262 g/mol. The van der Waals surface area contributed by atoms with Crippen molar-refractivity contribution in [3.8, 4) is 0 Å². The van der Waals surface area contributed by atoms with Crippen LogP contribution in [0, 0.1) is 0 Å². The lowest BCUT2D eigenvalue weighted by Gasteiger charge is -2.40. The summed E-state index contributed by atoms with van der Waals surface area (Å²) in [5.41, 5.74) is 2.65. The Morgan fingerprint density at radius 1 is 1.37 bits per heavy atom. The van der Waals surface area contributed by atoms with Crippen LogP contribution in [-0.4, -0.2) is 32.3 Å². The van der Waals surface area contributed by atoms with E-state index in [1.54, 1.807) is 0 Å². The van der Waals surface area contributed by atoms with E-state index in [4.69, 9.17) is 4.74 Å². The SMILES string of the molecule is CCC1COC(C)CN1c1ccc(C(C)NC)cc1. The standard InChI is InChI=1S/C16H26N2O/c1-5-15-11-19-12(2)10-18(15)16-8-6-14(7-9-16)13(3)17-4/h6-9,12-13,15,17H,5,10-11H2,1-4H3. The molecule has 106 valence electrons. The number of anilines is 1. The summed E-state index contributed by atoms with van der Waals surface area (Å²) in [6.45, 7) is 8.39. The number of hydrogen-bond acceptors (Lipinski definition) is 3. The van der Waals surface area contributed by atoms with Crippen LogP contribution in [0.2, 0.25) is 0 Å². The van der Waals surface area contributed by atoms with E-state index < -0.39 is 0 Å². The van der Waals surface area contributed by atoms with E-state index in [0.717, 1.165) is 19.6 Å². The number of rotatable bonds is 4. The number of nitrogens with one attached hydrogen (secondary N) is 1. The third-order valence-corrected chi connectivity index (χ3v) is 4.10. The van der Waals surface area contributed by atoms with Crippen LogP contribution < -0.4 is 10.2 Å². The highest BCUT2D eigenvalue weighted by Gasteiger charge is 2.25. The molecule has 0 radical (unpaired) electrons. The van der Waals surface area contributed by atoms with Crippen molar-refractivity contribution in [3.63, 3.8) is 0 Å². The maximum atomic E-state index is 5.76. The molecule has 0 amide bonds. The third-order valence-electron chi connectivity index (χ3n) is 4.10. The number of nitrogens with zero attached hydrogens (tertiary/aromatic N) is 1. The van der Waals surface area contributed by atoms with Gasteiger partial charge in [-0.25, -0.2) is 0 Å². The molecule has 1 aliphatic heterocycles. The molecular formula is C16H26N2O. The fraction of sp³-hybridized carbons (Fsp3) is 0.625. The third kappa shape index (κ3) is 3.28. The second-order valence-electron chi connectivity index (χ2n) is 5.46. The summed E-state index contributed by atoms with van der Waals surface area (Å²) in [6.07, 6.45) is 1.44. The highest BCUT2D eigenvalue weighted by atomic mass is 16.5. The normalized spacial score (nSPS) is 25.4. The van der Waals surface area contributed by atoms with E-state index >= 15 is 0 Å². The van der Waals surface area contributed by atoms with E-state index in [2.05, 4.69) is 55.3 Å². The van der Waals surface area contributed by atoms with Crippen molar-refractivity contribution in [2.24, 2.45) is 0 Å². The first kappa shape index (κ1) is 14.4. The Morgan fingerprint density at radius 3 is 2.63 bits per heavy atom. The first-order valence-corrected chi connectivity index (χ1v) is 7.31. The molecule has 1 N–H and O–H groups in total. The molecule has 1 saturated heterocycles. The average Bonchev–Trinajstić information content (AvgIpc) is 2.46. The van der Waals surface area contributed by atoms with Gasteiger partial charge in [0.2, 0.25) is 0 Å². The van der Waals surface area contributed by atoms with Gasteiger partial charge in [-0.15, -0.1) is 0 Å². The number of morpholine rings is 1. The van der Waals surface area contributed by atoms with Gasteiger partial charge in [0.15, 0.2) is 0 Å². The Morgan fingerprint density at radius 2 is 2.05 bits per heavy atom. The van der Waals surface area contributed by atoms with Crippen molar-refractivity contribution in [2.45, 2.75) is 45.4 Å². The molecule has 0 saturated carbocycles. The minimum atomic E-state index is 0.318. The lowest BCUT2D eigenvalue weighted by molar-refractivity contribution is 0.0299. The smallest absolute Gasteiger partial charge is 0.0723 e. The first-order chi connectivity index (χ1) is 9.15. The van der Waals surface area contributed by atoms with Crippen molar-refractivity contribution in [3.05, 3.63) is 29.8 Å². The van der Waals surface area contributed by atoms with Crippen LogP contribution in [-0.2, 0) is 4.74 Å². The van der Waals surface area contributed by atoms with Gasteiger partial charge in [0.05, 0.1) is 18.8 Å². The maximum Gasteiger partial charge on any atom is 0.0723 e. The predicted molar refractivity (Wildman–Crippen MR) is 80.8 cm³/mol. The van der Waals surface area contributed by atoms with Crippen LogP contribution in [0.15, 0.2) is 24.3 Å². The molecule has 3 heteroatoms. The Bertz CT molecular complexity index is 390. The van der Waals surface area contributed by atoms with Crippen LogP contribution in [0.5, 0.6) is 0 Å². The van der Waals surface area contributed by atoms with Crippen molar-refractivity contribution in [1.82, 2.24) is 5.32 Å². The molecule has 1 aromatic carbocycles. The Balaban J connectivity index is 2.15. The molecule has 0 aliphatic carbocycles.